The maximum Gasteiger partial charge on any atom is 0.244 e. The first-order valence-corrected chi connectivity index (χ1v) is 11.8. The van der Waals surface area contributed by atoms with Gasteiger partial charge in [-0.05, 0) is 41.4 Å². The topological polar surface area (TPSA) is 54.2 Å². The van der Waals surface area contributed by atoms with Gasteiger partial charge in [-0.3, -0.25) is 4.79 Å². The van der Waals surface area contributed by atoms with Gasteiger partial charge in [-0.2, -0.15) is 4.31 Å². The molecular formula is C23H37NO3S. The van der Waals surface area contributed by atoms with Crippen LogP contribution >= 0.6 is 0 Å². The summed E-state index contributed by atoms with van der Waals surface area (Å²) in [7, 11) is -3.75. The summed E-state index contributed by atoms with van der Waals surface area (Å²) in [6.45, 7) is 19.8. The number of carbonyl (C=O) groups excluding carboxylic acids is 1. The highest BCUT2D eigenvalue weighted by molar-refractivity contribution is 7.89. The number of ketones is 1. The van der Waals surface area contributed by atoms with Crippen LogP contribution in [0.25, 0.3) is 0 Å². The van der Waals surface area contributed by atoms with E-state index in [-0.39, 0.29) is 23.7 Å². The SMILES string of the molecule is CC(C)c1cc(C(C)C)c(S(=O)(=O)N2[C@H](C)[C@H]2C(=O)C(C)(C)C)c(C(C)C)c1. The summed E-state index contributed by atoms with van der Waals surface area (Å²) in [5.74, 6) is 0.461. The first kappa shape index (κ1) is 23.1. The number of carbonyl (C=O) groups is 1. The van der Waals surface area contributed by atoms with Crippen molar-refractivity contribution in [2.45, 2.75) is 104 Å². The highest BCUT2D eigenvalue weighted by Crippen LogP contribution is 2.44. The van der Waals surface area contributed by atoms with Crippen LogP contribution in [0.3, 0.4) is 0 Å². The molecule has 1 aromatic rings. The lowest BCUT2D eigenvalue weighted by molar-refractivity contribution is -0.126. The maximum atomic E-state index is 13.8. The van der Waals surface area contributed by atoms with Crippen molar-refractivity contribution in [3.63, 3.8) is 0 Å². The number of Topliss-reactive ketones (excluding diaryl/α,β-unsaturated/α-hetero) is 1. The van der Waals surface area contributed by atoms with Crippen LogP contribution in [0.5, 0.6) is 0 Å². The molecule has 1 aliphatic rings. The minimum absolute atomic E-state index is 0.0143. The molecule has 0 amide bonds. The number of nitrogens with zero attached hydrogens (tertiary/aromatic N) is 1. The zero-order valence-electron chi connectivity index (χ0n) is 19.1. The fraction of sp³-hybridized carbons (Fsp3) is 0.696. The van der Waals surface area contributed by atoms with Crippen LogP contribution in [0, 0.1) is 5.41 Å². The van der Waals surface area contributed by atoms with Gasteiger partial charge < -0.3 is 0 Å². The molecule has 1 aromatic carbocycles. The molecule has 1 aliphatic heterocycles. The van der Waals surface area contributed by atoms with Gasteiger partial charge in [0.05, 0.1) is 4.90 Å². The molecule has 5 heteroatoms. The summed E-state index contributed by atoms with van der Waals surface area (Å²) in [4.78, 5) is 13.2. The van der Waals surface area contributed by atoms with Crippen molar-refractivity contribution >= 4 is 15.8 Å². The second kappa shape index (κ2) is 7.56. The fourth-order valence-corrected chi connectivity index (χ4v) is 6.23. The van der Waals surface area contributed by atoms with E-state index < -0.39 is 21.5 Å². The summed E-state index contributed by atoms with van der Waals surface area (Å²) >= 11 is 0. The van der Waals surface area contributed by atoms with E-state index in [9.17, 15) is 13.2 Å². The minimum Gasteiger partial charge on any atom is -0.297 e. The Hall–Kier alpha value is -1.20. The van der Waals surface area contributed by atoms with Crippen molar-refractivity contribution in [2.24, 2.45) is 5.41 Å². The molecule has 158 valence electrons. The van der Waals surface area contributed by atoms with E-state index in [0.29, 0.717) is 10.8 Å². The molecule has 3 atom stereocenters. The minimum atomic E-state index is -3.75. The number of sulfonamides is 1. The third kappa shape index (κ3) is 4.06. The van der Waals surface area contributed by atoms with Crippen LogP contribution in [0.4, 0.5) is 0 Å². The van der Waals surface area contributed by atoms with Crippen molar-refractivity contribution < 1.29 is 13.2 Å². The monoisotopic (exact) mass is 407 g/mol. The van der Waals surface area contributed by atoms with Gasteiger partial charge in [0.25, 0.3) is 0 Å². The largest absolute Gasteiger partial charge is 0.297 e. The van der Waals surface area contributed by atoms with Gasteiger partial charge in [0.15, 0.2) is 5.78 Å². The molecule has 1 saturated heterocycles. The van der Waals surface area contributed by atoms with E-state index >= 15 is 0 Å². The Kier molecular flexibility index (Phi) is 6.24. The Morgan fingerprint density at radius 2 is 1.36 bits per heavy atom. The molecule has 1 fully saturated rings. The zero-order chi connectivity index (χ0) is 21.8. The lowest BCUT2D eigenvalue weighted by atomic mass is 9.88. The lowest BCUT2D eigenvalue weighted by Gasteiger charge is -2.23. The summed E-state index contributed by atoms with van der Waals surface area (Å²) in [6.07, 6.45) is 0. The molecule has 0 bridgehead atoms. The highest BCUT2D eigenvalue weighted by Gasteiger charge is 2.59. The lowest BCUT2D eigenvalue weighted by Crippen LogP contribution is -2.30. The van der Waals surface area contributed by atoms with Crippen LogP contribution in [-0.4, -0.2) is 30.6 Å². The molecule has 28 heavy (non-hydrogen) atoms. The normalized spacial score (nSPS) is 23.0. The average Bonchev–Trinajstić information content (AvgIpc) is 3.23. The fourth-order valence-electron chi connectivity index (χ4n) is 3.76. The Bertz CT molecular complexity index is 831. The van der Waals surface area contributed by atoms with Gasteiger partial charge in [0, 0.05) is 11.5 Å². The van der Waals surface area contributed by atoms with E-state index in [1.54, 1.807) is 0 Å². The summed E-state index contributed by atoms with van der Waals surface area (Å²) < 4.78 is 28.9. The second-order valence-electron chi connectivity index (χ2n) is 10.1. The molecule has 0 spiro atoms. The van der Waals surface area contributed by atoms with Gasteiger partial charge in [-0.25, -0.2) is 8.42 Å². The predicted molar refractivity (Wildman–Crippen MR) is 115 cm³/mol. The first-order chi connectivity index (χ1) is 12.6. The van der Waals surface area contributed by atoms with Crippen molar-refractivity contribution in [1.82, 2.24) is 4.31 Å². The van der Waals surface area contributed by atoms with Crippen LogP contribution in [-0.2, 0) is 14.8 Å². The van der Waals surface area contributed by atoms with Gasteiger partial charge in [0.2, 0.25) is 10.0 Å². The molecule has 4 nitrogen and oxygen atoms in total. The molecule has 1 unspecified atom stereocenters. The van der Waals surface area contributed by atoms with Gasteiger partial charge >= 0.3 is 0 Å². The summed E-state index contributed by atoms with van der Waals surface area (Å²) in [5, 5.41) is 0. The number of hydrogen-bond donors (Lipinski definition) is 0. The third-order valence-electron chi connectivity index (χ3n) is 5.67. The second-order valence-corrected chi connectivity index (χ2v) is 11.9. The molecule has 0 aromatic heterocycles. The molecule has 1 heterocycles. The van der Waals surface area contributed by atoms with Crippen molar-refractivity contribution in [2.75, 3.05) is 0 Å². The van der Waals surface area contributed by atoms with Crippen LogP contribution < -0.4 is 0 Å². The smallest absolute Gasteiger partial charge is 0.244 e. The molecule has 0 saturated carbocycles. The molecule has 0 radical (unpaired) electrons. The van der Waals surface area contributed by atoms with E-state index in [1.807, 2.05) is 67.5 Å². The van der Waals surface area contributed by atoms with E-state index in [4.69, 9.17) is 0 Å². The molecular weight excluding hydrogens is 370 g/mol. The molecule has 0 aliphatic carbocycles. The average molecular weight is 408 g/mol. The van der Waals surface area contributed by atoms with E-state index in [1.165, 1.54) is 4.31 Å². The predicted octanol–water partition coefficient (Wildman–Crippen LogP) is 5.43. The van der Waals surface area contributed by atoms with Crippen molar-refractivity contribution in [3.05, 3.63) is 28.8 Å². The van der Waals surface area contributed by atoms with Gasteiger partial charge in [0.1, 0.15) is 6.04 Å². The maximum absolute atomic E-state index is 13.8. The van der Waals surface area contributed by atoms with Gasteiger partial charge in [-0.15, -0.1) is 0 Å². The number of benzene rings is 1. The van der Waals surface area contributed by atoms with Crippen molar-refractivity contribution in [3.8, 4) is 0 Å². The third-order valence-corrected chi connectivity index (χ3v) is 7.77. The van der Waals surface area contributed by atoms with Crippen LogP contribution in [0.15, 0.2) is 17.0 Å². The Labute approximate surface area is 171 Å². The van der Waals surface area contributed by atoms with Crippen molar-refractivity contribution in [1.29, 1.82) is 0 Å². The standard InChI is InChI=1S/C23H37NO3S/c1-13(2)17-11-18(14(3)4)21(19(12-17)15(5)6)28(26,27)24-16(7)20(24)22(25)23(8,9)10/h11-16,20H,1-10H3/t16-,20+,24?/m1/s1. The van der Waals surface area contributed by atoms with Crippen LogP contribution in [0.2, 0.25) is 0 Å². The number of rotatable bonds is 6. The van der Waals surface area contributed by atoms with E-state index in [0.717, 1.165) is 16.7 Å². The summed E-state index contributed by atoms with van der Waals surface area (Å²) in [6, 6.07) is 3.24. The highest BCUT2D eigenvalue weighted by atomic mass is 32.2. The Morgan fingerprint density at radius 1 is 0.929 bits per heavy atom. The quantitative estimate of drug-likeness (QED) is 0.591. The van der Waals surface area contributed by atoms with Crippen LogP contribution in [0.1, 0.15) is 104 Å². The zero-order valence-corrected chi connectivity index (χ0v) is 19.9. The van der Waals surface area contributed by atoms with E-state index in [2.05, 4.69) is 13.8 Å². The Balaban J connectivity index is 2.68. The first-order valence-electron chi connectivity index (χ1n) is 10.4. The van der Waals surface area contributed by atoms with Gasteiger partial charge in [-0.1, -0.05) is 74.4 Å². The molecule has 2 rings (SSSR count). The number of hydrogen-bond acceptors (Lipinski definition) is 3. The summed E-state index contributed by atoms with van der Waals surface area (Å²) in [5.41, 5.74) is 2.31. The molecule has 0 N–H and O–H groups in total. The Morgan fingerprint density at radius 3 is 1.68 bits per heavy atom.